The van der Waals surface area contributed by atoms with E-state index in [9.17, 15) is 13.2 Å². The van der Waals surface area contributed by atoms with Crippen LogP contribution >= 0.6 is 0 Å². The van der Waals surface area contributed by atoms with Gasteiger partial charge in [-0.1, -0.05) is 18.2 Å². The van der Waals surface area contributed by atoms with Crippen molar-refractivity contribution in [3.05, 3.63) is 53.6 Å². The number of carbonyl (C=O) groups is 1. The molecule has 2 unspecified atom stereocenters. The lowest BCUT2D eigenvalue weighted by atomic mass is 10.1. The van der Waals surface area contributed by atoms with Crippen LogP contribution in [0, 0.1) is 0 Å². The third-order valence-electron chi connectivity index (χ3n) is 5.78. The van der Waals surface area contributed by atoms with Crippen molar-refractivity contribution >= 4 is 15.9 Å². The fourth-order valence-electron chi connectivity index (χ4n) is 4.24. The average molecular weight is 475 g/mol. The van der Waals surface area contributed by atoms with Crippen molar-refractivity contribution in [3.63, 3.8) is 0 Å². The zero-order valence-corrected chi connectivity index (χ0v) is 20.0. The van der Waals surface area contributed by atoms with E-state index in [0.29, 0.717) is 43.4 Å². The Hall–Kier alpha value is -2.62. The molecule has 4 rings (SSSR count). The van der Waals surface area contributed by atoms with Gasteiger partial charge in [-0.15, -0.1) is 0 Å². The van der Waals surface area contributed by atoms with Gasteiger partial charge in [0.25, 0.3) is 5.91 Å². The first-order valence-corrected chi connectivity index (χ1v) is 12.7. The molecule has 33 heavy (non-hydrogen) atoms. The van der Waals surface area contributed by atoms with Crippen LogP contribution in [0.5, 0.6) is 11.5 Å². The molecule has 2 aromatic rings. The standard InChI is InChI=1S/C24H30N2O6S/c1-4-25(16-20-8-6-10-22-23(20)31-12-11-30-22)24(27)19-7-5-9-21(13-19)33(28,29)26-14-17(2)32-18(3)15-26/h5-10,13,17-18H,4,11-12,14-16H2,1-3H3. The topological polar surface area (TPSA) is 85.4 Å². The largest absolute Gasteiger partial charge is 0.486 e. The summed E-state index contributed by atoms with van der Waals surface area (Å²) in [4.78, 5) is 15.1. The van der Waals surface area contributed by atoms with Gasteiger partial charge in [0, 0.05) is 37.3 Å². The predicted octanol–water partition coefficient (Wildman–Crippen LogP) is 2.92. The van der Waals surface area contributed by atoms with E-state index in [1.807, 2.05) is 39.0 Å². The number of amides is 1. The quantitative estimate of drug-likeness (QED) is 0.640. The molecule has 0 spiro atoms. The summed E-state index contributed by atoms with van der Waals surface area (Å²) in [5.41, 5.74) is 1.18. The summed E-state index contributed by atoms with van der Waals surface area (Å²) in [6, 6.07) is 11.9. The van der Waals surface area contributed by atoms with Gasteiger partial charge in [0.2, 0.25) is 10.0 Å². The van der Waals surface area contributed by atoms with Gasteiger partial charge in [-0.05, 0) is 45.0 Å². The van der Waals surface area contributed by atoms with Gasteiger partial charge in [-0.25, -0.2) is 8.42 Å². The van der Waals surface area contributed by atoms with Crippen LogP contribution in [0.3, 0.4) is 0 Å². The van der Waals surface area contributed by atoms with Gasteiger partial charge in [-0.3, -0.25) is 4.79 Å². The van der Waals surface area contributed by atoms with E-state index in [1.165, 1.54) is 16.4 Å². The number of benzene rings is 2. The monoisotopic (exact) mass is 474 g/mol. The molecule has 9 heteroatoms. The lowest BCUT2D eigenvalue weighted by molar-refractivity contribution is -0.0440. The summed E-state index contributed by atoms with van der Waals surface area (Å²) in [7, 11) is -3.74. The smallest absolute Gasteiger partial charge is 0.254 e. The number of carbonyl (C=O) groups excluding carboxylic acids is 1. The van der Waals surface area contributed by atoms with Gasteiger partial charge < -0.3 is 19.1 Å². The fourth-order valence-corrected chi connectivity index (χ4v) is 5.88. The number of hydrogen-bond acceptors (Lipinski definition) is 6. The summed E-state index contributed by atoms with van der Waals surface area (Å²) >= 11 is 0. The van der Waals surface area contributed by atoms with Crippen molar-refractivity contribution < 1.29 is 27.4 Å². The van der Waals surface area contributed by atoms with Gasteiger partial charge in [0.05, 0.1) is 17.1 Å². The van der Waals surface area contributed by atoms with Crippen molar-refractivity contribution in [1.82, 2.24) is 9.21 Å². The predicted molar refractivity (Wildman–Crippen MR) is 123 cm³/mol. The average Bonchev–Trinajstić information content (AvgIpc) is 2.81. The number of nitrogens with zero attached hydrogens (tertiary/aromatic N) is 2. The Bertz CT molecular complexity index is 1110. The Morgan fingerprint density at radius 1 is 1.06 bits per heavy atom. The van der Waals surface area contributed by atoms with Crippen molar-refractivity contribution in [3.8, 4) is 11.5 Å². The minimum absolute atomic E-state index is 0.111. The van der Waals surface area contributed by atoms with Crippen LogP contribution in [0.2, 0.25) is 0 Å². The highest BCUT2D eigenvalue weighted by Gasteiger charge is 2.32. The van der Waals surface area contributed by atoms with Gasteiger partial charge in [0.15, 0.2) is 11.5 Å². The van der Waals surface area contributed by atoms with Gasteiger partial charge >= 0.3 is 0 Å². The number of sulfonamides is 1. The second-order valence-electron chi connectivity index (χ2n) is 8.37. The van der Waals surface area contributed by atoms with Gasteiger partial charge in [0.1, 0.15) is 13.2 Å². The molecular formula is C24H30N2O6S. The normalized spacial score (nSPS) is 20.9. The lowest BCUT2D eigenvalue weighted by Gasteiger charge is -2.34. The Labute approximate surface area is 195 Å². The van der Waals surface area contributed by atoms with Crippen LogP contribution < -0.4 is 9.47 Å². The number of hydrogen-bond donors (Lipinski definition) is 0. The summed E-state index contributed by atoms with van der Waals surface area (Å²) < 4.78 is 45.0. The SMILES string of the molecule is CCN(Cc1cccc2c1OCCO2)C(=O)c1cccc(S(=O)(=O)N2CC(C)OC(C)C2)c1. The van der Waals surface area contributed by atoms with E-state index in [4.69, 9.17) is 14.2 Å². The van der Waals surface area contributed by atoms with E-state index >= 15 is 0 Å². The molecule has 2 aliphatic heterocycles. The molecule has 0 aromatic heterocycles. The maximum atomic E-state index is 13.3. The Balaban J connectivity index is 1.57. The number of fused-ring (bicyclic) bond motifs is 1. The number of morpholine rings is 1. The molecule has 2 atom stereocenters. The molecule has 2 aromatic carbocycles. The summed E-state index contributed by atoms with van der Waals surface area (Å²) in [5, 5.41) is 0. The molecule has 1 amide bonds. The molecule has 1 fully saturated rings. The minimum atomic E-state index is -3.74. The molecule has 0 radical (unpaired) electrons. The molecule has 0 N–H and O–H groups in total. The van der Waals surface area contributed by atoms with Crippen LogP contribution in [-0.2, 0) is 21.3 Å². The Morgan fingerprint density at radius 3 is 2.48 bits per heavy atom. The third-order valence-corrected chi connectivity index (χ3v) is 7.61. The molecule has 0 bridgehead atoms. The number of rotatable bonds is 6. The number of ether oxygens (including phenoxy) is 3. The van der Waals surface area contributed by atoms with Crippen LogP contribution in [0.4, 0.5) is 0 Å². The zero-order valence-electron chi connectivity index (χ0n) is 19.2. The van der Waals surface area contributed by atoms with E-state index in [1.54, 1.807) is 17.0 Å². The van der Waals surface area contributed by atoms with E-state index < -0.39 is 10.0 Å². The highest BCUT2D eigenvalue weighted by Crippen LogP contribution is 2.34. The highest BCUT2D eigenvalue weighted by molar-refractivity contribution is 7.89. The van der Waals surface area contributed by atoms with E-state index in [2.05, 4.69) is 0 Å². The second-order valence-corrected chi connectivity index (χ2v) is 10.3. The minimum Gasteiger partial charge on any atom is -0.486 e. The van der Waals surface area contributed by atoms with E-state index in [0.717, 1.165) is 5.56 Å². The fraction of sp³-hybridized carbons (Fsp3) is 0.458. The molecule has 1 saturated heterocycles. The summed E-state index contributed by atoms with van der Waals surface area (Å²) in [5.74, 6) is 1.08. The molecule has 0 aliphatic carbocycles. The Morgan fingerprint density at radius 2 is 1.76 bits per heavy atom. The first-order valence-electron chi connectivity index (χ1n) is 11.2. The molecule has 178 valence electrons. The highest BCUT2D eigenvalue weighted by atomic mass is 32.2. The first kappa shape index (κ1) is 23.5. The van der Waals surface area contributed by atoms with Crippen molar-refractivity contribution in [2.24, 2.45) is 0 Å². The zero-order chi connectivity index (χ0) is 23.6. The molecule has 2 heterocycles. The second kappa shape index (κ2) is 9.70. The number of para-hydroxylation sites is 1. The summed E-state index contributed by atoms with van der Waals surface area (Å²) in [6.45, 7) is 7.92. The molecule has 8 nitrogen and oxygen atoms in total. The first-order chi connectivity index (χ1) is 15.8. The van der Waals surface area contributed by atoms with Crippen molar-refractivity contribution in [2.45, 2.75) is 44.4 Å². The maximum absolute atomic E-state index is 13.3. The maximum Gasteiger partial charge on any atom is 0.254 e. The summed E-state index contributed by atoms with van der Waals surface area (Å²) in [6.07, 6.45) is -0.376. The van der Waals surface area contributed by atoms with Gasteiger partial charge in [-0.2, -0.15) is 4.31 Å². The lowest BCUT2D eigenvalue weighted by Crippen LogP contribution is -2.48. The van der Waals surface area contributed by atoms with Crippen LogP contribution in [0.25, 0.3) is 0 Å². The molecule has 2 aliphatic rings. The van der Waals surface area contributed by atoms with E-state index in [-0.39, 0.29) is 36.1 Å². The van der Waals surface area contributed by atoms with Crippen LogP contribution in [0.1, 0.15) is 36.7 Å². The van der Waals surface area contributed by atoms with Crippen LogP contribution in [0.15, 0.2) is 47.4 Å². The molecule has 0 saturated carbocycles. The Kier molecular flexibility index (Phi) is 6.92. The third kappa shape index (κ3) is 5.00. The molecular weight excluding hydrogens is 444 g/mol. The van der Waals surface area contributed by atoms with Crippen molar-refractivity contribution in [1.29, 1.82) is 0 Å². The van der Waals surface area contributed by atoms with Crippen molar-refractivity contribution in [2.75, 3.05) is 32.8 Å². The van der Waals surface area contributed by atoms with Crippen LogP contribution in [-0.4, -0.2) is 68.6 Å².